The number of carbonyl (C=O) groups is 4. The smallest absolute Gasteiger partial charge is 0.408 e. The molecule has 0 aromatic heterocycles. The SMILES string of the molecule is CCCCNC(=O)[C@H](C)C[C@H](O)[C@H](CC1CCCCC1)NC(=O)[C@@H](NC(=O)C(NC(=O)OC(C)(C)C)[C@@H](C)O)[C@@H](C)CC. The predicted octanol–water partition coefficient (Wildman–Crippen LogP) is 3.55. The molecule has 250 valence electrons. The van der Waals surface area contributed by atoms with E-state index < -0.39 is 59.8 Å². The molecule has 0 spiro atoms. The summed E-state index contributed by atoms with van der Waals surface area (Å²) in [5.41, 5.74) is -0.801. The summed E-state index contributed by atoms with van der Waals surface area (Å²) >= 11 is 0. The van der Waals surface area contributed by atoms with Gasteiger partial charge in [0.1, 0.15) is 17.7 Å². The Morgan fingerprint density at radius 2 is 1.47 bits per heavy atom. The van der Waals surface area contributed by atoms with Crippen LogP contribution in [0.3, 0.4) is 0 Å². The summed E-state index contributed by atoms with van der Waals surface area (Å²) in [7, 11) is 0. The minimum absolute atomic E-state index is 0.123. The number of aliphatic hydroxyl groups excluding tert-OH is 2. The largest absolute Gasteiger partial charge is 0.444 e. The molecule has 1 aliphatic rings. The van der Waals surface area contributed by atoms with Gasteiger partial charge in [-0.1, -0.05) is 72.6 Å². The maximum absolute atomic E-state index is 13.7. The Labute approximate surface area is 259 Å². The molecule has 1 rings (SSSR count). The number of carbonyl (C=O) groups excluding carboxylic acids is 4. The van der Waals surface area contributed by atoms with Crippen molar-refractivity contribution < 1.29 is 34.1 Å². The van der Waals surface area contributed by atoms with Crippen molar-refractivity contribution in [3.8, 4) is 0 Å². The van der Waals surface area contributed by atoms with Gasteiger partial charge in [-0.25, -0.2) is 4.79 Å². The topological polar surface area (TPSA) is 166 Å². The number of ether oxygens (including phenoxy) is 1. The van der Waals surface area contributed by atoms with Crippen LogP contribution in [0, 0.1) is 17.8 Å². The van der Waals surface area contributed by atoms with E-state index in [1.807, 2.05) is 13.8 Å². The zero-order valence-corrected chi connectivity index (χ0v) is 27.8. The first-order valence-corrected chi connectivity index (χ1v) is 16.3. The number of hydrogen-bond donors (Lipinski definition) is 6. The van der Waals surface area contributed by atoms with Crippen LogP contribution < -0.4 is 21.3 Å². The molecule has 7 atom stereocenters. The molecule has 0 bridgehead atoms. The molecule has 1 aliphatic carbocycles. The van der Waals surface area contributed by atoms with Gasteiger partial charge in [0.2, 0.25) is 17.7 Å². The lowest BCUT2D eigenvalue weighted by Crippen LogP contribution is -2.60. The Morgan fingerprint density at radius 3 is 2.00 bits per heavy atom. The molecule has 4 amide bonds. The van der Waals surface area contributed by atoms with Crippen molar-refractivity contribution in [2.45, 2.75) is 156 Å². The van der Waals surface area contributed by atoms with E-state index in [9.17, 15) is 29.4 Å². The van der Waals surface area contributed by atoms with Crippen LogP contribution in [0.2, 0.25) is 0 Å². The third-order valence-electron chi connectivity index (χ3n) is 8.21. The van der Waals surface area contributed by atoms with Crippen LogP contribution in [0.4, 0.5) is 4.79 Å². The van der Waals surface area contributed by atoms with E-state index in [1.165, 1.54) is 13.3 Å². The Hall–Kier alpha value is -2.40. The maximum Gasteiger partial charge on any atom is 0.408 e. The summed E-state index contributed by atoms with van der Waals surface area (Å²) in [5.74, 6) is -1.67. The zero-order chi connectivity index (χ0) is 32.7. The Bertz CT molecular complexity index is 870. The van der Waals surface area contributed by atoms with Crippen LogP contribution in [-0.4, -0.2) is 76.5 Å². The van der Waals surface area contributed by atoms with Crippen LogP contribution in [0.25, 0.3) is 0 Å². The lowest BCUT2D eigenvalue weighted by atomic mass is 9.82. The Balaban J connectivity index is 3.09. The van der Waals surface area contributed by atoms with Crippen molar-refractivity contribution >= 4 is 23.8 Å². The number of nitrogens with one attached hydrogen (secondary N) is 4. The number of hydrogen-bond acceptors (Lipinski definition) is 7. The van der Waals surface area contributed by atoms with Gasteiger partial charge in [-0.2, -0.15) is 0 Å². The highest BCUT2D eigenvalue weighted by Crippen LogP contribution is 2.29. The van der Waals surface area contributed by atoms with E-state index in [4.69, 9.17) is 4.74 Å². The van der Waals surface area contributed by atoms with Crippen molar-refractivity contribution in [2.24, 2.45) is 17.8 Å². The van der Waals surface area contributed by atoms with Gasteiger partial charge in [-0.15, -0.1) is 0 Å². The van der Waals surface area contributed by atoms with Gasteiger partial charge in [0.15, 0.2) is 0 Å². The average Bonchev–Trinajstić information content (AvgIpc) is 2.93. The Kier molecular flexibility index (Phi) is 17.1. The molecule has 0 radical (unpaired) electrons. The summed E-state index contributed by atoms with van der Waals surface area (Å²) in [4.78, 5) is 52.0. The Morgan fingerprint density at radius 1 is 0.860 bits per heavy atom. The zero-order valence-electron chi connectivity index (χ0n) is 27.8. The van der Waals surface area contributed by atoms with Crippen LogP contribution in [0.15, 0.2) is 0 Å². The standard InChI is InChI=1S/C32H60N4O7/c1-9-11-17-33-28(39)21(4)18-25(38)24(19-23-15-13-12-14-16-23)34-29(40)26(20(3)10-2)35-30(41)27(22(5)37)36-31(42)43-32(6,7)8/h20-27,37-38H,9-19H2,1-8H3,(H,33,39)(H,34,40)(H,35,41)(H,36,42)/t20-,21+,22+,24-,25-,26-,27?/m0/s1. The summed E-state index contributed by atoms with van der Waals surface area (Å²) < 4.78 is 5.24. The predicted molar refractivity (Wildman–Crippen MR) is 167 cm³/mol. The lowest BCUT2D eigenvalue weighted by Gasteiger charge is -2.33. The highest BCUT2D eigenvalue weighted by molar-refractivity contribution is 5.92. The third-order valence-corrected chi connectivity index (χ3v) is 8.21. The normalized spacial score (nSPS) is 19.1. The summed E-state index contributed by atoms with van der Waals surface area (Å²) in [6.07, 6.45) is 5.55. The van der Waals surface area contributed by atoms with Gasteiger partial charge in [-0.3, -0.25) is 14.4 Å². The van der Waals surface area contributed by atoms with Crippen molar-refractivity contribution in [3.63, 3.8) is 0 Å². The second-order valence-corrected chi connectivity index (χ2v) is 13.4. The molecule has 0 aromatic carbocycles. The molecule has 0 heterocycles. The number of rotatable bonds is 17. The highest BCUT2D eigenvalue weighted by Gasteiger charge is 2.35. The number of alkyl carbamates (subject to hydrolysis) is 1. The fraction of sp³-hybridized carbons (Fsp3) is 0.875. The van der Waals surface area contributed by atoms with E-state index in [2.05, 4.69) is 28.2 Å². The molecule has 0 saturated heterocycles. The van der Waals surface area contributed by atoms with Crippen LogP contribution in [0.1, 0.15) is 120 Å². The van der Waals surface area contributed by atoms with Gasteiger partial charge < -0.3 is 36.2 Å². The molecule has 6 N–H and O–H groups in total. The van der Waals surface area contributed by atoms with E-state index in [0.29, 0.717) is 25.3 Å². The van der Waals surface area contributed by atoms with E-state index in [-0.39, 0.29) is 18.2 Å². The van der Waals surface area contributed by atoms with Gasteiger partial charge in [0.05, 0.1) is 18.2 Å². The second kappa shape index (κ2) is 19.1. The molecule has 0 aromatic rings. The molecule has 11 nitrogen and oxygen atoms in total. The lowest BCUT2D eigenvalue weighted by molar-refractivity contribution is -0.133. The molecule has 0 aliphatic heterocycles. The minimum atomic E-state index is -1.34. The first kappa shape index (κ1) is 38.6. The minimum Gasteiger partial charge on any atom is -0.444 e. The summed E-state index contributed by atoms with van der Waals surface area (Å²) in [6.45, 7) is 14.6. The quantitative estimate of drug-likeness (QED) is 0.137. The molecular formula is C32H60N4O7. The van der Waals surface area contributed by atoms with Crippen molar-refractivity contribution in [3.05, 3.63) is 0 Å². The first-order valence-electron chi connectivity index (χ1n) is 16.3. The molecule has 1 saturated carbocycles. The monoisotopic (exact) mass is 612 g/mol. The van der Waals surface area contributed by atoms with Gasteiger partial charge in [-0.05, 0) is 58.8 Å². The van der Waals surface area contributed by atoms with Crippen molar-refractivity contribution in [2.75, 3.05) is 6.54 Å². The second-order valence-electron chi connectivity index (χ2n) is 13.4. The number of aliphatic hydroxyl groups is 2. The number of unbranched alkanes of at least 4 members (excludes halogenated alkanes) is 1. The fourth-order valence-corrected chi connectivity index (χ4v) is 5.35. The van der Waals surface area contributed by atoms with Gasteiger partial charge in [0.25, 0.3) is 0 Å². The third kappa shape index (κ3) is 14.8. The molecule has 1 fully saturated rings. The molecule has 11 heteroatoms. The summed E-state index contributed by atoms with van der Waals surface area (Å²) in [6, 6.07) is -2.92. The summed E-state index contributed by atoms with van der Waals surface area (Å²) in [5, 5.41) is 32.6. The first-order chi connectivity index (χ1) is 20.1. The van der Waals surface area contributed by atoms with Gasteiger partial charge in [0, 0.05) is 12.5 Å². The van der Waals surface area contributed by atoms with E-state index in [0.717, 1.165) is 38.5 Å². The molecule has 1 unspecified atom stereocenters. The van der Waals surface area contributed by atoms with Crippen molar-refractivity contribution in [1.29, 1.82) is 0 Å². The average molecular weight is 613 g/mol. The number of amides is 4. The van der Waals surface area contributed by atoms with E-state index >= 15 is 0 Å². The van der Waals surface area contributed by atoms with Crippen LogP contribution in [0.5, 0.6) is 0 Å². The van der Waals surface area contributed by atoms with Crippen LogP contribution in [-0.2, 0) is 19.1 Å². The maximum atomic E-state index is 13.7. The fourth-order valence-electron chi connectivity index (χ4n) is 5.35. The van der Waals surface area contributed by atoms with Gasteiger partial charge >= 0.3 is 6.09 Å². The van der Waals surface area contributed by atoms with Crippen molar-refractivity contribution in [1.82, 2.24) is 21.3 Å². The highest BCUT2D eigenvalue weighted by atomic mass is 16.6. The molecule has 43 heavy (non-hydrogen) atoms. The van der Waals surface area contributed by atoms with Crippen LogP contribution >= 0.6 is 0 Å². The molecular weight excluding hydrogens is 552 g/mol. The van der Waals surface area contributed by atoms with E-state index in [1.54, 1.807) is 27.7 Å².